The van der Waals surface area contributed by atoms with Crippen molar-refractivity contribution >= 4 is 0 Å². The van der Waals surface area contributed by atoms with Crippen molar-refractivity contribution in [1.29, 1.82) is 0 Å². The normalized spacial score (nSPS) is 17.9. The van der Waals surface area contributed by atoms with E-state index in [0.29, 0.717) is 5.92 Å². The Balaban J connectivity index is 2.18. The zero-order chi connectivity index (χ0) is 12.8. The molecule has 97 valence electrons. The van der Waals surface area contributed by atoms with Crippen LogP contribution in [0.5, 0.6) is 5.75 Å². The van der Waals surface area contributed by atoms with Crippen LogP contribution in [0.3, 0.4) is 0 Å². The molecule has 0 amide bonds. The topological polar surface area (TPSA) is 9.23 Å². The van der Waals surface area contributed by atoms with E-state index in [-0.39, 0.29) is 0 Å². The highest BCUT2D eigenvalue weighted by Gasteiger charge is 2.24. The fourth-order valence-electron chi connectivity index (χ4n) is 2.57. The Bertz CT molecular complexity index is 406. The summed E-state index contributed by atoms with van der Waals surface area (Å²) in [6.45, 7) is 4.49. The van der Waals surface area contributed by atoms with Gasteiger partial charge in [0.05, 0.1) is 0 Å². The van der Waals surface area contributed by atoms with Crippen molar-refractivity contribution in [3.8, 4) is 5.75 Å². The maximum Gasteiger partial charge on any atom is 0.169 e. The third-order valence-corrected chi connectivity index (χ3v) is 3.65. The molecule has 0 aromatic heterocycles. The Morgan fingerprint density at radius 1 is 1.11 bits per heavy atom. The summed E-state index contributed by atoms with van der Waals surface area (Å²) in [5.74, 6) is 1.53. The van der Waals surface area contributed by atoms with Crippen LogP contribution >= 0.6 is 0 Å². The van der Waals surface area contributed by atoms with Crippen molar-refractivity contribution in [3.05, 3.63) is 41.7 Å². The molecule has 0 N–H and O–H groups in total. The van der Waals surface area contributed by atoms with E-state index in [0.717, 1.165) is 12.2 Å². The molecule has 1 radical (unpaired) electrons. The second kappa shape index (κ2) is 6.63. The predicted octanol–water partition coefficient (Wildman–Crippen LogP) is 5.23. The van der Waals surface area contributed by atoms with Crippen molar-refractivity contribution in [2.75, 3.05) is 0 Å². The van der Waals surface area contributed by atoms with E-state index in [1.54, 1.807) is 0 Å². The molecule has 0 saturated carbocycles. The van der Waals surface area contributed by atoms with E-state index >= 15 is 0 Å². The van der Waals surface area contributed by atoms with Crippen LogP contribution in [0.15, 0.2) is 29.8 Å². The number of hydrogen-bond acceptors (Lipinski definition) is 1. The minimum absolute atomic E-state index is 0.529. The lowest BCUT2D eigenvalue weighted by atomic mass is 9.83. The Hall–Kier alpha value is -1.24. The average molecular weight is 243 g/mol. The molecular formula is C17H23O. The van der Waals surface area contributed by atoms with Crippen LogP contribution in [0, 0.1) is 6.26 Å². The number of allylic oxidation sites excluding steroid dienone is 1. The Morgan fingerprint density at radius 3 is 2.67 bits per heavy atom. The maximum absolute atomic E-state index is 5.66. The van der Waals surface area contributed by atoms with Gasteiger partial charge in [0, 0.05) is 11.5 Å². The molecule has 1 aromatic carbocycles. The molecule has 1 unspecified atom stereocenters. The first-order valence-electron chi connectivity index (χ1n) is 7.24. The molecule has 0 spiro atoms. The van der Waals surface area contributed by atoms with Crippen molar-refractivity contribution in [2.24, 2.45) is 0 Å². The third kappa shape index (κ3) is 2.95. The minimum Gasteiger partial charge on any atom is -0.453 e. The van der Waals surface area contributed by atoms with Crippen LogP contribution in [-0.4, -0.2) is 0 Å². The van der Waals surface area contributed by atoms with Crippen LogP contribution in [0.1, 0.15) is 63.9 Å². The molecule has 2 rings (SSSR count). The van der Waals surface area contributed by atoms with Gasteiger partial charge in [0.1, 0.15) is 5.75 Å². The number of benzene rings is 1. The van der Waals surface area contributed by atoms with Crippen molar-refractivity contribution in [3.63, 3.8) is 0 Å². The average Bonchev–Trinajstić information content (AvgIpc) is 2.43. The lowest BCUT2D eigenvalue weighted by molar-refractivity contribution is 0.401. The zero-order valence-electron chi connectivity index (χ0n) is 11.5. The van der Waals surface area contributed by atoms with Gasteiger partial charge in [0.25, 0.3) is 0 Å². The van der Waals surface area contributed by atoms with Crippen molar-refractivity contribution in [2.45, 2.75) is 58.3 Å². The van der Waals surface area contributed by atoms with Gasteiger partial charge in [-0.15, -0.1) is 0 Å². The highest BCUT2D eigenvalue weighted by molar-refractivity contribution is 5.42. The summed E-state index contributed by atoms with van der Waals surface area (Å²) in [5, 5.41) is 0. The molecule has 0 saturated heterocycles. The zero-order valence-corrected chi connectivity index (χ0v) is 11.5. The molecule has 0 fully saturated rings. The number of para-hydroxylation sites is 1. The standard InChI is InChI=1S/C17H23O/c1-3-5-9-14-13-18-17-12-8-7-11-16(17)15(14)10-6-4-2/h7-8,11-12,15H,3-6,9-10H2,1-2H3. The van der Waals surface area contributed by atoms with Gasteiger partial charge in [0.2, 0.25) is 0 Å². The van der Waals surface area contributed by atoms with Crippen LogP contribution in [0.25, 0.3) is 0 Å². The lowest BCUT2D eigenvalue weighted by Crippen LogP contribution is -2.11. The van der Waals surface area contributed by atoms with Crippen LogP contribution in [0.4, 0.5) is 0 Å². The summed E-state index contributed by atoms with van der Waals surface area (Å²) in [5.41, 5.74) is 2.72. The number of unbranched alkanes of at least 4 members (excludes halogenated alkanes) is 2. The predicted molar refractivity (Wildman–Crippen MR) is 75.6 cm³/mol. The summed E-state index contributed by atoms with van der Waals surface area (Å²) in [4.78, 5) is 0. The molecule has 1 aliphatic rings. The highest BCUT2D eigenvalue weighted by atomic mass is 16.5. The molecule has 18 heavy (non-hydrogen) atoms. The second-order valence-corrected chi connectivity index (χ2v) is 5.07. The molecule has 0 aliphatic carbocycles. The molecule has 0 bridgehead atoms. The van der Waals surface area contributed by atoms with Gasteiger partial charge in [-0.3, -0.25) is 0 Å². The van der Waals surface area contributed by atoms with E-state index in [1.165, 1.54) is 43.2 Å². The number of ether oxygens (including phenoxy) is 1. The maximum atomic E-state index is 5.66. The van der Waals surface area contributed by atoms with E-state index in [4.69, 9.17) is 4.74 Å². The first-order valence-corrected chi connectivity index (χ1v) is 7.24. The molecule has 1 nitrogen and oxygen atoms in total. The molecule has 1 atom stereocenters. The summed E-state index contributed by atoms with van der Waals surface area (Å²) >= 11 is 0. The lowest BCUT2D eigenvalue weighted by Gasteiger charge is -2.26. The molecule has 1 aromatic rings. The van der Waals surface area contributed by atoms with Gasteiger partial charge in [-0.05, 0) is 30.9 Å². The van der Waals surface area contributed by atoms with Gasteiger partial charge in [0.15, 0.2) is 6.26 Å². The van der Waals surface area contributed by atoms with Crippen molar-refractivity contribution in [1.82, 2.24) is 0 Å². The molecule has 1 heterocycles. The van der Waals surface area contributed by atoms with Crippen LogP contribution in [-0.2, 0) is 0 Å². The van der Waals surface area contributed by atoms with E-state index in [9.17, 15) is 0 Å². The van der Waals surface area contributed by atoms with Gasteiger partial charge in [-0.2, -0.15) is 0 Å². The summed E-state index contributed by atoms with van der Waals surface area (Å²) < 4.78 is 5.66. The fraction of sp³-hybridized carbons (Fsp3) is 0.529. The van der Waals surface area contributed by atoms with E-state index < -0.39 is 0 Å². The number of fused-ring (bicyclic) bond motifs is 1. The van der Waals surface area contributed by atoms with Crippen LogP contribution < -0.4 is 4.74 Å². The van der Waals surface area contributed by atoms with E-state index in [2.05, 4.69) is 38.3 Å². The monoisotopic (exact) mass is 243 g/mol. The largest absolute Gasteiger partial charge is 0.453 e. The summed E-state index contributed by atoms with van der Waals surface area (Å²) in [6.07, 6.45) is 10.5. The Kier molecular flexibility index (Phi) is 4.86. The Morgan fingerprint density at radius 2 is 1.89 bits per heavy atom. The molecule has 1 heteroatoms. The van der Waals surface area contributed by atoms with Gasteiger partial charge < -0.3 is 4.74 Å². The number of rotatable bonds is 6. The second-order valence-electron chi connectivity index (χ2n) is 5.07. The third-order valence-electron chi connectivity index (χ3n) is 3.65. The quantitative estimate of drug-likeness (QED) is 0.664. The summed E-state index contributed by atoms with van der Waals surface area (Å²) in [7, 11) is 0. The van der Waals surface area contributed by atoms with Crippen molar-refractivity contribution < 1.29 is 4.74 Å². The first-order chi connectivity index (χ1) is 8.86. The molecular weight excluding hydrogens is 220 g/mol. The SMILES string of the molecule is CCCCC1=[C]Oc2ccccc2C1CCCC. The Labute approximate surface area is 111 Å². The molecule has 1 aliphatic heterocycles. The van der Waals surface area contributed by atoms with Gasteiger partial charge >= 0.3 is 0 Å². The summed E-state index contributed by atoms with van der Waals surface area (Å²) in [6, 6.07) is 8.42. The fourth-order valence-corrected chi connectivity index (χ4v) is 2.57. The van der Waals surface area contributed by atoms with Gasteiger partial charge in [-0.25, -0.2) is 0 Å². The highest BCUT2D eigenvalue weighted by Crippen LogP contribution is 2.40. The smallest absolute Gasteiger partial charge is 0.169 e. The first kappa shape index (κ1) is 13.2. The number of hydrogen-bond donors (Lipinski definition) is 0. The van der Waals surface area contributed by atoms with Crippen LogP contribution in [0.2, 0.25) is 0 Å². The van der Waals surface area contributed by atoms with Gasteiger partial charge in [-0.1, -0.05) is 51.3 Å². The minimum atomic E-state index is 0.529. The van der Waals surface area contributed by atoms with E-state index in [1.807, 2.05) is 6.07 Å².